The molecule has 1 fully saturated rings. The summed E-state index contributed by atoms with van der Waals surface area (Å²) in [6.45, 7) is 3.91. The van der Waals surface area contributed by atoms with Gasteiger partial charge in [-0.2, -0.15) is 0 Å². The first-order valence-corrected chi connectivity index (χ1v) is 9.40. The number of nitrogens with one attached hydrogen (secondary N) is 1. The molecule has 2 aromatic rings. The fourth-order valence-corrected chi connectivity index (χ4v) is 3.52. The minimum atomic E-state index is 0.0369. The van der Waals surface area contributed by atoms with Gasteiger partial charge < -0.3 is 15.0 Å². The summed E-state index contributed by atoms with van der Waals surface area (Å²) >= 11 is 2.23. The topological polar surface area (TPSA) is 44.8 Å². The summed E-state index contributed by atoms with van der Waals surface area (Å²) in [4.78, 5) is 16.8. The highest BCUT2D eigenvalue weighted by Gasteiger charge is 2.21. The molecule has 25 heavy (non-hydrogen) atoms. The Hall–Kier alpha value is -1.80. The third kappa shape index (κ3) is 4.64. The molecule has 0 spiro atoms. The van der Waals surface area contributed by atoms with Crippen LogP contribution in [0.25, 0.3) is 0 Å². The number of hydrogen-bond donors (Lipinski definition) is 1. The number of amides is 1. The van der Waals surface area contributed by atoms with E-state index in [-0.39, 0.29) is 5.91 Å². The van der Waals surface area contributed by atoms with Gasteiger partial charge in [-0.25, -0.2) is 0 Å². The van der Waals surface area contributed by atoms with Gasteiger partial charge in [0.1, 0.15) is 5.75 Å². The molecule has 0 aliphatic carbocycles. The highest BCUT2D eigenvalue weighted by atomic mass is 127. The van der Waals surface area contributed by atoms with Gasteiger partial charge in [0, 0.05) is 29.7 Å². The summed E-state index contributed by atoms with van der Waals surface area (Å²) in [5.74, 6) is 0.933. The van der Waals surface area contributed by atoms with Crippen molar-refractivity contribution < 1.29 is 9.53 Å². The molecule has 3 rings (SSSR count). The summed E-state index contributed by atoms with van der Waals surface area (Å²) < 4.78 is 6.50. The first kappa shape index (κ1) is 18.0. The van der Waals surface area contributed by atoms with E-state index < -0.39 is 0 Å². The van der Waals surface area contributed by atoms with Crippen molar-refractivity contribution in [1.29, 1.82) is 0 Å². The van der Waals surface area contributed by atoms with Crippen LogP contribution < -0.4 is 15.0 Å². The molecule has 1 amide bonds. The number of ether oxygens (including phenoxy) is 1. The number of anilines is 2. The van der Waals surface area contributed by atoms with Crippen LogP contribution in [0.5, 0.6) is 5.75 Å². The maximum atomic E-state index is 12.3. The predicted molar refractivity (Wildman–Crippen MR) is 109 cm³/mol. The molecule has 1 aliphatic rings. The van der Waals surface area contributed by atoms with Crippen LogP contribution in [-0.4, -0.2) is 50.6 Å². The number of piperazine rings is 1. The molecule has 0 radical (unpaired) electrons. The normalized spacial score (nSPS) is 15.0. The Kier molecular flexibility index (Phi) is 6.14. The van der Waals surface area contributed by atoms with E-state index in [1.54, 1.807) is 7.11 Å². The molecule has 6 heteroatoms. The Bertz CT molecular complexity index is 730. The van der Waals surface area contributed by atoms with Gasteiger partial charge >= 0.3 is 0 Å². The molecule has 0 bridgehead atoms. The fourth-order valence-electron chi connectivity index (χ4n) is 2.99. The third-order valence-electron chi connectivity index (χ3n) is 4.31. The summed E-state index contributed by atoms with van der Waals surface area (Å²) in [7, 11) is 1.70. The maximum absolute atomic E-state index is 12.3. The van der Waals surface area contributed by atoms with E-state index in [2.05, 4.69) is 43.8 Å². The lowest BCUT2D eigenvalue weighted by Gasteiger charge is -2.36. The van der Waals surface area contributed by atoms with Crippen LogP contribution in [0.15, 0.2) is 48.5 Å². The number of para-hydroxylation sites is 3. The molecule has 132 valence electrons. The van der Waals surface area contributed by atoms with Gasteiger partial charge in [0.15, 0.2) is 0 Å². The molecule has 0 atom stereocenters. The van der Waals surface area contributed by atoms with Crippen molar-refractivity contribution >= 4 is 39.9 Å². The summed E-state index contributed by atoms with van der Waals surface area (Å²) in [5, 5.41) is 3.00. The average molecular weight is 451 g/mol. The Labute approximate surface area is 162 Å². The van der Waals surface area contributed by atoms with Gasteiger partial charge in [-0.3, -0.25) is 9.69 Å². The lowest BCUT2D eigenvalue weighted by Crippen LogP contribution is -2.48. The molecular formula is C19H22IN3O2. The van der Waals surface area contributed by atoms with Crippen LogP contribution >= 0.6 is 22.6 Å². The van der Waals surface area contributed by atoms with Gasteiger partial charge in [-0.1, -0.05) is 24.3 Å². The summed E-state index contributed by atoms with van der Waals surface area (Å²) in [6.07, 6.45) is 0. The van der Waals surface area contributed by atoms with Crippen LogP contribution in [0.4, 0.5) is 11.4 Å². The molecule has 1 heterocycles. The van der Waals surface area contributed by atoms with E-state index in [0.717, 1.165) is 46.9 Å². The molecule has 1 N–H and O–H groups in total. The van der Waals surface area contributed by atoms with E-state index in [1.165, 1.54) is 0 Å². The lowest BCUT2D eigenvalue weighted by molar-refractivity contribution is -0.117. The van der Waals surface area contributed by atoms with Gasteiger partial charge in [-0.15, -0.1) is 0 Å². The Morgan fingerprint density at radius 3 is 2.48 bits per heavy atom. The lowest BCUT2D eigenvalue weighted by atomic mass is 10.2. The van der Waals surface area contributed by atoms with Gasteiger partial charge in [0.05, 0.1) is 25.0 Å². The largest absolute Gasteiger partial charge is 0.495 e. The minimum Gasteiger partial charge on any atom is -0.495 e. The fraction of sp³-hybridized carbons (Fsp3) is 0.316. The van der Waals surface area contributed by atoms with Gasteiger partial charge in [0.25, 0.3) is 0 Å². The number of carbonyl (C=O) groups excluding carboxylic acids is 1. The van der Waals surface area contributed by atoms with Crippen LogP contribution in [0.2, 0.25) is 0 Å². The SMILES string of the molecule is COc1ccccc1N1CCN(CC(=O)Nc2ccccc2I)CC1. The van der Waals surface area contributed by atoms with E-state index >= 15 is 0 Å². The summed E-state index contributed by atoms with van der Waals surface area (Å²) in [6, 6.07) is 15.9. The zero-order valence-electron chi connectivity index (χ0n) is 14.2. The van der Waals surface area contributed by atoms with Crippen molar-refractivity contribution in [3.8, 4) is 5.75 Å². The average Bonchev–Trinajstić information content (AvgIpc) is 2.64. The van der Waals surface area contributed by atoms with Gasteiger partial charge in [0.2, 0.25) is 5.91 Å². The molecule has 1 saturated heterocycles. The van der Waals surface area contributed by atoms with Crippen molar-refractivity contribution in [2.75, 3.05) is 50.1 Å². The number of nitrogens with zero attached hydrogens (tertiary/aromatic N) is 2. The predicted octanol–water partition coefficient (Wildman–Crippen LogP) is 3.06. The summed E-state index contributed by atoms with van der Waals surface area (Å²) in [5.41, 5.74) is 1.99. The number of benzene rings is 2. The molecule has 1 aliphatic heterocycles. The monoisotopic (exact) mass is 451 g/mol. The van der Waals surface area contributed by atoms with Crippen molar-refractivity contribution in [2.24, 2.45) is 0 Å². The van der Waals surface area contributed by atoms with E-state index in [0.29, 0.717) is 6.54 Å². The molecule has 5 nitrogen and oxygen atoms in total. The Balaban J connectivity index is 1.52. The highest BCUT2D eigenvalue weighted by molar-refractivity contribution is 14.1. The molecule has 0 unspecified atom stereocenters. The van der Waals surface area contributed by atoms with Crippen molar-refractivity contribution in [2.45, 2.75) is 0 Å². The number of methoxy groups -OCH3 is 1. The second-order valence-corrected chi connectivity index (χ2v) is 7.13. The zero-order valence-corrected chi connectivity index (χ0v) is 16.4. The smallest absolute Gasteiger partial charge is 0.238 e. The van der Waals surface area contributed by atoms with Crippen LogP contribution in [0.3, 0.4) is 0 Å². The van der Waals surface area contributed by atoms with E-state index in [4.69, 9.17) is 4.74 Å². The van der Waals surface area contributed by atoms with Gasteiger partial charge in [-0.05, 0) is 46.9 Å². The van der Waals surface area contributed by atoms with Crippen LogP contribution in [0.1, 0.15) is 0 Å². The molecule has 0 saturated carbocycles. The van der Waals surface area contributed by atoms with Crippen molar-refractivity contribution in [3.05, 3.63) is 52.1 Å². The van der Waals surface area contributed by atoms with Crippen molar-refractivity contribution in [1.82, 2.24) is 4.90 Å². The van der Waals surface area contributed by atoms with E-state index in [1.807, 2.05) is 42.5 Å². The molecule has 0 aromatic heterocycles. The Morgan fingerprint density at radius 1 is 1.08 bits per heavy atom. The highest BCUT2D eigenvalue weighted by Crippen LogP contribution is 2.28. The first-order chi connectivity index (χ1) is 12.2. The number of rotatable bonds is 5. The Morgan fingerprint density at radius 2 is 1.76 bits per heavy atom. The second kappa shape index (κ2) is 8.53. The minimum absolute atomic E-state index is 0.0369. The third-order valence-corrected chi connectivity index (χ3v) is 5.25. The quantitative estimate of drug-likeness (QED) is 0.711. The molecule has 2 aromatic carbocycles. The van der Waals surface area contributed by atoms with Crippen molar-refractivity contribution in [3.63, 3.8) is 0 Å². The number of carbonyl (C=O) groups is 1. The first-order valence-electron chi connectivity index (χ1n) is 8.32. The molecular weight excluding hydrogens is 429 g/mol. The zero-order chi connectivity index (χ0) is 17.6. The maximum Gasteiger partial charge on any atom is 0.238 e. The number of halogens is 1. The standard InChI is InChI=1S/C19H22IN3O2/c1-25-18-9-5-4-8-17(18)23-12-10-22(11-13-23)14-19(24)21-16-7-3-2-6-15(16)20/h2-9H,10-14H2,1H3,(H,21,24). The van der Waals surface area contributed by atoms with E-state index in [9.17, 15) is 4.79 Å². The second-order valence-electron chi connectivity index (χ2n) is 5.96. The van der Waals surface area contributed by atoms with Crippen LogP contribution in [0, 0.1) is 3.57 Å². The van der Waals surface area contributed by atoms with Crippen LogP contribution in [-0.2, 0) is 4.79 Å². The number of hydrogen-bond acceptors (Lipinski definition) is 4.